The van der Waals surface area contributed by atoms with Gasteiger partial charge in [-0.3, -0.25) is 9.59 Å². The highest BCUT2D eigenvalue weighted by molar-refractivity contribution is 14.1. The van der Waals surface area contributed by atoms with Gasteiger partial charge < -0.3 is 10.3 Å². The first-order valence-electron chi connectivity index (χ1n) is 7.25. The number of pyridine rings is 1. The summed E-state index contributed by atoms with van der Waals surface area (Å²) in [4.78, 5) is 27.0. The first-order chi connectivity index (χ1) is 9.53. The SMILES string of the molecule is CCCC[C@@H](CC)NC(=O)c1cc(I)c(CC)[nH]c1=O. The van der Waals surface area contributed by atoms with Gasteiger partial charge in [0.25, 0.3) is 11.5 Å². The van der Waals surface area contributed by atoms with Crippen molar-refractivity contribution in [2.45, 2.75) is 58.9 Å². The van der Waals surface area contributed by atoms with Crippen molar-refractivity contribution in [3.8, 4) is 0 Å². The van der Waals surface area contributed by atoms with E-state index in [9.17, 15) is 9.59 Å². The molecule has 112 valence electrons. The number of nitrogens with one attached hydrogen (secondary N) is 2. The number of hydrogen-bond donors (Lipinski definition) is 2. The molecular weight excluding hydrogens is 367 g/mol. The lowest BCUT2D eigenvalue weighted by atomic mass is 10.1. The normalized spacial score (nSPS) is 12.2. The van der Waals surface area contributed by atoms with Crippen molar-refractivity contribution < 1.29 is 4.79 Å². The molecule has 0 unspecified atom stereocenters. The summed E-state index contributed by atoms with van der Waals surface area (Å²) in [7, 11) is 0. The minimum absolute atomic E-state index is 0.144. The molecular formula is C15H23IN2O2. The summed E-state index contributed by atoms with van der Waals surface area (Å²) in [5.41, 5.74) is 0.789. The molecule has 1 heterocycles. The summed E-state index contributed by atoms with van der Waals surface area (Å²) >= 11 is 2.15. The Morgan fingerprint density at radius 3 is 2.65 bits per heavy atom. The Hall–Kier alpha value is -0.850. The predicted octanol–water partition coefficient (Wildman–Crippen LogP) is 3.24. The van der Waals surface area contributed by atoms with Crippen LogP contribution in [0.5, 0.6) is 0 Å². The van der Waals surface area contributed by atoms with Gasteiger partial charge in [0.1, 0.15) is 5.56 Å². The largest absolute Gasteiger partial charge is 0.349 e. The number of hydrogen-bond acceptors (Lipinski definition) is 2. The summed E-state index contributed by atoms with van der Waals surface area (Å²) in [5, 5.41) is 2.96. The van der Waals surface area contributed by atoms with Crippen LogP contribution >= 0.6 is 22.6 Å². The van der Waals surface area contributed by atoms with Gasteiger partial charge in [-0.15, -0.1) is 0 Å². The fraction of sp³-hybridized carbons (Fsp3) is 0.600. The number of aromatic nitrogens is 1. The van der Waals surface area contributed by atoms with Gasteiger partial charge in [0, 0.05) is 15.3 Å². The van der Waals surface area contributed by atoms with Gasteiger partial charge in [-0.1, -0.05) is 33.6 Å². The minimum atomic E-state index is -0.301. The zero-order valence-corrected chi connectivity index (χ0v) is 14.5. The molecule has 2 N–H and O–H groups in total. The van der Waals surface area contributed by atoms with Gasteiger partial charge in [0.05, 0.1) is 0 Å². The molecule has 0 saturated carbocycles. The van der Waals surface area contributed by atoms with E-state index in [-0.39, 0.29) is 23.1 Å². The monoisotopic (exact) mass is 390 g/mol. The Morgan fingerprint density at radius 2 is 2.10 bits per heavy atom. The van der Waals surface area contributed by atoms with E-state index in [0.717, 1.165) is 41.4 Å². The van der Waals surface area contributed by atoms with Crippen LogP contribution in [0.15, 0.2) is 10.9 Å². The first kappa shape index (κ1) is 17.2. The average molecular weight is 390 g/mol. The molecule has 0 aliphatic carbocycles. The van der Waals surface area contributed by atoms with Gasteiger partial charge in [0.2, 0.25) is 0 Å². The van der Waals surface area contributed by atoms with Gasteiger partial charge in [-0.25, -0.2) is 0 Å². The zero-order chi connectivity index (χ0) is 15.1. The molecule has 1 atom stereocenters. The highest BCUT2D eigenvalue weighted by Gasteiger charge is 2.16. The number of carbonyl (C=O) groups excluding carboxylic acids is 1. The maximum Gasteiger partial charge on any atom is 0.261 e. The lowest BCUT2D eigenvalue weighted by molar-refractivity contribution is 0.0931. The third-order valence-corrected chi connectivity index (χ3v) is 4.36. The lowest BCUT2D eigenvalue weighted by Gasteiger charge is -2.16. The molecule has 0 aliphatic heterocycles. The van der Waals surface area contributed by atoms with Crippen molar-refractivity contribution >= 4 is 28.5 Å². The summed E-state index contributed by atoms with van der Waals surface area (Å²) in [6.07, 6.45) is 4.79. The molecule has 4 nitrogen and oxygen atoms in total. The molecule has 0 saturated heterocycles. The highest BCUT2D eigenvalue weighted by Crippen LogP contribution is 2.11. The van der Waals surface area contributed by atoms with Gasteiger partial charge in [-0.2, -0.15) is 0 Å². The molecule has 1 amide bonds. The highest BCUT2D eigenvalue weighted by atomic mass is 127. The topological polar surface area (TPSA) is 62.0 Å². The van der Waals surface area contributed by atoms with E-state index < -0.39 is 0 Å². The second-order valence-corrected chi connectivity index (χ2v) is 6.08. The number of rotatable bonds is 7. The Kier molecular flexibility index (Phi) is 7.26. The van der Waals surface area contributed by atoms with Crippen LogP contribution < -0.4 is 10.9 Å². The molecule has 1 aromatic heterocycles. The number of H-pyrrole nitrogens is 1. The average Bonchev–Trinajstić information content (AvgIpc) is 2.44. The van der Waals surface area contributed by atoms with Crippen molar-refractivity contribution in [2.75, 3.05) is 0 Å². The third kappa shape index (κ3) is 4.61. The fourth-order valence-electron chi connectivity index (χ4n) is 2.06. The van der Waals surface area contributed by atoms with E-state index in [4.69, 9.17) is 0 Å². The van der Waals surface area contributed by atoms with E-state index in [1.54, 1.807) is 6.07 Å². The molecule has 0 aliphatic rings. The van der Waals surface area contributed by atoms with Crippen LogP contribution in [0.2, 0.25) is 0 Å². The van der Waals surface area contributed by atoms with Crippen LogP contribution in [0.3, 0.4) is 0 Å². The molecule has 0 fully saturated rings. The maximum atomic E-state index is 12.2. The van der Waals surface area contributed by atoms with Crippen molar-refractivity contribution in [1.29, 1.82) is 0 Å². The van der Waals surface area contributed by atoms with Crippen LogP contribution in [0.1, 0.15) is 62.5 Å². The van der Waals surface area contributed by atoms with Crippen LogP contribution in [0.4, 0.5) is 0 Å². The second-order valence-electron chi connectivity index (χ2n) is 4.91. The number of carbonyl (C=O) groups is 1. The van der Waals surface area contributed by atoms with E-state index in [0.29, 0.717) is 0 Å². The molecule has 1 aromatic rings. The summed E-state index contributed by atoms with van der Waals surface area (Å²) < 4.78 is 0.927. The second kappa shape index (κ2) is 8.44. The number of aryl methyl sites for hydroxylation is 1. The molecule has 20 heavy (non-hydrogen) atoms. The van der Waals surface area contributed by atoms with E-state index >= 15 is 0 Å². The van der Waals surface area contributed by atoms with Crippen molar-refractivity contribution in [1.82, 2.24) is 10.3 Å². The van der Waals surface area contributed by atoms with Gasteiger partial charge >= 0.3 is 0 Å². The summed E-state index contributed by atoms with van der Waals surface area (Å²) in [6.45, 7) is 6.16. The number of unbranched alkanes of at least 4 members (excludes halogenated alkanes) is 1. The van der Waals surface area contributed by atoms with Crippen LogP contribution in [0, 0.1) is 3.57 Å². The summed E-state index contributed by atoms with van der Waals surface area (Å²) in [5.74, 6) is -0.269. The van der Waals surface area contributed by atoms with Gasteiger partial charge in [-0.05, 0) is 47.9 Å². The lowest BCUT2D eigenvalue weighted by Crippen LogP contribution is -2.37. The van der Waals surface area contributed by atoms with E-state index in [2.05, 4.69) is 46.7 Å². The number of halogens is 1. The Bertz CT molecular complexity index is 511. The molecule has 0 radical (unpaired) electrons. The minimum Gasteiger partial charge on any atom is -0.349 e. The van der Waals surface area contributed by atoms with Crippen molar-refractivity contribution in [3.63, 3.8) is 0 Å². The molecule has 0 bridgehead atoms. The number of aromatic amines is 1. The van der Waals surface area contributed by atoms with Gasteiger partial charge in [0.15, 0.2) is 0 Å². The number of amides is 1. The molecule has 5 heteroatoms. The first-order valence-corrected chi connectivity index (χ1v) is 8.33. The van der Waals surface area contributed by atoms with Crippen molar-refractivity contribution in [2.24, 2.45) is 0 Å². The Labute approximate surface area is 133 Å². The standard InChI is InChI=1S/C15H23IN2O2/c1-4-7-8-10(5-2)17-14(19)11-9-12(16)13(6-3)18-15(11)20/h9-10H,4-8H2,1-3H3,(H,17,19)(H,18,20)/t10-/m1/s1. The third-order valence-electron chi connectivity index (χ3n) is 3.40. The van der Waals surface area contributed by atoms with Crippen LogP contribution in [-0.2, 0) is 6.42 Å². The van der Waals surface area contributed by atoms with E-state index in [1.807, 2.05) is 6.92 Å². The predicted molar refractivity (Wildman–Crippen MR) is 90.2 cm³/mol. The van der Waals surface area contributed by atoms with Crippen molar-refractivity contribution in [3.05, 3.63) is 31.2 Å². The van der Waals surface area contributed by atoms with Crippen LogP contribution in [0.25, 0.3) is 0 Å². The Balaban J connectivity index is 2.86. The Morgan fingerprint density at radius 1 is 1.40 bits per heavy atom. The van der Waals surface area contributed by atoms with E-state index in [1.165, 1.54) is 0 Å². The maximum absolute atomic E-state index is 12.2. The quantitative estimate of drug-likeness (QED) is 0.703. The molecule has 1 rings (SSSR count). The van der Waals surface area contributed by atoms with Crippen LogP contribution in [-0.4, -0.2) is 16.9 Å². The smallest absolute Gasteiger partial charge is 0.261 e. The molecule has 0 aromatic carbocycles. The fourth-order valence-corrected chi connectivity index (χ4v) is 2.89. The summed E-state index contributed by atoms with van der Waals surface area (Å²) in [6, 6.07) is 1.82. The molecule has 0 spiro atoms. The zero-order valence-electron chi connectivity index (χ0n) is 12.4.